The molecule has 3 N–H and O–H groups in total. The summed E-state index contributed by atoms with van der Waals surface area (Å²) in [6.45, 7) is 0.684. The molecule has 1 aromatic heterocycles. The summed E-state index contributed by atoms with van der Waals surface area (Å²) in [6, 6.07) is 3.07. The maximum atomic E-state index is 11.0. The highest BCUT2D eigenvalue weighted by atomic mass is 16.8. The molecule has 1 aliphatic carbocycles. The Hall–Kier alpha value is -1.37. The van der Waals surface area contributed by atoms with Gasteiger partial charge in [-0.2, -0.15) is 0 Å². The lowest BCUT2D eigenvalue weighted by molar-refractivity contribution is 0.142. The highest BCUT2D eigenvalue weighted by Gasteiger charge is 2.33. The van der Waals surface area contributed by atoms with Crippen LogP contribution in [0, 0.1) is 10.6 Å². The lowest BCUT2D eigenvalue weighted by Gasteiger charge is -2.29. The summed E-state index contributed by atoms with van der Waals surface area (Å²) < 4.78 is 0. The lowest BCUT2D eigenvalue weighted by Crippen LogP contribution is -2.31. The molecule has 0 saturated heterocycles. The van der Waals surface area contributed by atoms with Crippen LogP contribution >= 0.6 is 0 Å². The molecule has 0 amide bonds. The molecule has 2 rings (SSSR count). The minimum atomic E-state index is -0.199. The highest BCUT2D eigenvalue weighted by molar-refractivity contribution is 5.64. The van der Waals surface area contributed by atoms with Crippen molar-refractivity contribution in [1.29, 1.82) is 0 Å². The standard InChI is InChI=1S/C12H18N3O3/c16-9-12(5-1-2-6-12)8-14-11-10(15(17)18)4-3-7-13-11/h3-4,7,16-17H,1-2,5-6,8-9H2,(H,13,14)/q-1. The van der Waals surface area contributed by atoms with Crippen LogP contribution in [-0.4, -0.2) is 28.4 Å². The number of hydrogen-bond acceptors (Lipinski definition) is 6. The van der Waals surface area contributed by atoms with Crippen molar-refractivity contribution < 1.29 is 10.3 Å². The molecule has 0 radical (unpaired) electrons. The van der Waals surface area contributed by atoms with Crippen molar-refractivity contribution in [3.05, 3.63) is 23.5 Å². The van der Waals surface area contributed by atoms with Crippen molar-refractivity contribution in [2.75, 3.05) is 23.7 Å². The van der Waals surface area contributed by atoms with Crippen LogP contribution in [0.2, 0.25) is 0 Å². The number of nitrogens with one attached hydrogen (secondary N) is 1. The summed E-state index contributed by atoms with van der Waals surface area (Å²) in [5.74, 6) is 0.342. The molecule has 0 bridgehead atoms. The zero-order chi connectivity index (χ0) is 13.0. The summed E-state index contributed by atoms with van der Waals surface area (Å²) in [6.07, 6.45) is 5.73. The number of aliphatic hydroxyl groups is 1. The van der Waals surface area contributed by atoms with Gasteiger partial charge in [-0.1, -0.05) is 12.8 Å². The topological polar surface area (TPSA) is 91.7 Å². The van der Waals surface area contributed by atoms with E-state index in [1.54, 1.807) is 12.3 Å². The molecule has 1 saturated carbocycles. The van der Waals surface area contributed by atoms with Gasteiger partial charge in [-0.05, 0) is 25.0 Å². The first-order valence-electron chi connectivity index (χ1n) is 6.13. The van der Waals surface area contributed by atoms with E-state index in [9.17, 15) is 10.3 Å². The molecule has 0 aliphatic heterocycles. The predicted octanol–water partition coefficient (Wildman–Crippen LogP) is 1.74. The van der Waals surface area contributed by atoms with Crippen LogP contribution in [0.4, 0.5) is 11.5 Å². The fourth-order valence-electron chi connectivity index (χ4n) is 2.47. The molecule has 0 atom stereocenters. The van der Waals surface area contributed by atoms with Gasteiger partial charge in [-0.15, -0.1) is 0 Å². The van der Waals surface area contributed by atoms with Gasteiger partial charge in [0, 0.05) is 18.2 Å². The Morgan fingerprint density at radius 2 is 2.17 bits per heavy atom. The van der Waals surface area contributed by atoms with Crippen LogP contribution in [-0.2, 0) is 0 Å². The molecule has 1 aliphatic rings. The van der Waals surface area contributed by atoms with E-state index in [4.69, 9.17) is 5.21 Å². The monoisotopic (exact) mass is 252 g/mol. The van der Waals surface area contributed by atoms with Gasteiger partial charge in [-0.3, -0.25) is 5.21 Å². The second kappa shape index (κ2) is 5.51. The number of pyridine rings is 1. The highest BCUT2D eigenvalue weighted by Crippen LogP contribution is 2.38. The summed E-state index contributed by atoms with van der Waals surface area (Å²) in [5, 5.41) is 32.3. The van der Waals surface area contributed by atoms with E-state index >= 15 is 0 Å². The molecule has 1 fully saturated rings. The summed E-state index contributed by atoms with van der Waals surface area (Å²) in [4.78, 5) is 4.03. The Labute approximate surface area is 106 Å². The van der Waals surface area contributed by atoms with Crippen LogP contribution < -0.4 is 10.5 Å². The van der Waals surface area contributed by atoms with Crippen molar-refractivity contribution >= 4 is 11.5 Å². The Balaban J connectivity index is 2.05. The summed E-state index contributed by atoms with van der Waals surface area (Å²) >= 11 is 0. The number of hydrogen-bond donors (Lipinski definition) is 3. The Morgan fingerprint density at radius 1 is 1.44 bits per heavy atom. The molecular weight excluding hydrogens is 234 g/mol. The van der Waals surface area contributed by atoms with E-state index < -0.39 is 0 Å². The number of rotatable bonds is 5. The van der Waals surface area contributed by atoms with Crippen LogP contribution in [0.1, 0.15) is 25.7 Å². The lowest BCUT2D eigenvalue weighted by atomic mass is 9.87. The van der Waals surface area contributed by atoms with Crippen molar-refractivity contribution in [3.63, 3.8) is 0 Å². The third-order valence-corrected chi connectivity index (χ3v) is 3.62. The molecule has 18 heavy (non-hydrogen) atoms. The average Bonchev–Trinajstić information content (AvgIpc) is 2.86. The summed E-state index contributed by atoms with van der Waals surface area (Å²) in [7, 11) is 0. The Kier molecular flexibility index (Phi) is 4.00. The molecule has 0 spiro atoms. The first-order chi connectivity index (χ1) is 8.67. The molecule has 6 nitrogen and oxygen atoms in total. The largest absolute Gasteiger partial charge is 0.733 e. The van der Waals surface area contributed by atoms with Crippen LogP contribution in [0.25, 0.3) is 0 Å². The first-order valence-corrected chi connectivity index (χ1v) is 6.13. The first kappa shape index (κ1) is 13.1. The number of aliphatic hydroxyl groups excluding tert-OH is 1. The van der Waals surface area contributed by atoms with E-state index in [2.05, 4.69) is 10.3 Å². The maximum Gasteiger partial charge on any atom is 0.150 e. The molecule has 1 aromatic rings. The second-order valence-corrected chi connectivity index (χ2v) is 4.86. The van der Waals surface area contributed by atoms with Gasteiger partial charge < -0.3 is 20.9 Å². The Bertz CT molecular complexity index is 392. The SMILES string of the molecule is [O-]N(O)c1cccnc1NCC1(CO)CCCC1. The molecule has 100 valence electrons. The van der Waals surface area contributed by atoms with Crippen LogP contribution in [0.15, 0.2) is 18.3 Å². The fraction of sp³-hybridized carbons (Fsp3) is 0.583. The zero-order valence-electron chi connectivity index (χ0n) is 10.2. The smallest absolute Gasteiger partial charge is 0.150 e. The minimum absolute atomic E-state index is 0.0867. The molecule has 6 heteroatoms. The fourth-order valence-corrected chi connectivity index (χ4v) is 2.47. The third-order valence-electron chi connectivity index (χ3n) is 3.62. The molecule has 0 unspecified atom stereocenters. The van der Waals surface area contributed by atoms with Crippen molar-refractivity contribution in [1.82, 2.24) is 4.98 Å². The predicted molar refractivity (Wildman–Crippen MR) is 68.3 cm³/mol. The Morgan fingerprint density at radius 3 is 2.78 bits per heavy atom. The van der Waals surface area contributed by atoms with E-state index in [1.165, 1.54) is 6.07 Å². The van der Waals surface area contributed by atoms with Crippen molar-refractivity contribution in [2.24, 2.45) is 5.41 Å². The maximum absolute atomic E-state index is 11.0. The molecular formula is C12H18N3O3-. The second-order valence-electron chi connectivity index (χ2n) is 4.86. The quantitative estimate of drug-likeness (QED) is 0.691. The van der Waals surface area contributed by atoms with Gasteiger partial charge in [0.25, 0.3) is 0 Å². The average molecular weight is 252 g/mol. The van der Waals surface area contributed by atoms with Gasteiger partial charge in [0.2, 0.25) is 0 Å². The zero-order valence-corrected chi connectivity index (χ0v) is 10.2. The van der Waals surface area contributed by atoms with Crippen molar-refractivity contribution in [2.45, 2.75) is 25.7 Å². The van der Waals surface area contributed by atoms with E-state index in [1.807, 2.05) is 0 Å². The van der Waals surface area contributed by atoms with Gasteiger partial charge >= 0.3 is 0 Å². The van der Waals surface area contributed by atoms with E-state index in [0.29, 0.717) is 12.4 Å². The van der Waals surface area contributed by atoms with Gasteiger partial charge in [0.1, 0.15) is 0 Å². The minimum Gasteiger partial charge on any atom is -0.733 e. The normalized spacial score (nSPS) is 17.7. The van der Waals surface area contributed by atoms with E-state index in [0.717, 1.165) is 25.7 Å². The summed E-state index contributed by atoms with van der Waals surface area (Å²) in [5.41, 5.74) is -0.0404. The molecule has 1 heterocycles. The van der Waals surface area contributed by atoms with Gasteiger partial charge in [-0.25, -0.2) is 4.98 Å². The molecule has 0 aromatic carbocycles. The van der Waals surface area contributed by atoms with Crippen molar-refractivity contribution in [3.8, 4) is 0 Å². The van der Waals surface area contributed by atoms with Gasteiger partial charge in [0.05, 0.1) is 12.3 Å². The number of nitrogens with zero attached hydrogens (tertiary/aromatic N) is 2. The van der Waals surface area contributed by atoms with Crippen LogP contribution in [0.3, 0.4) is 0 Å². The third kappa shape index (κ3) is 2.72. The van der Waals surface area contributed by atoms with Crippen LogP contribution in [0.5, 0.6) is 0 Å². The number of aromatic nitrogens is 1. The van der Waals surface area contributed by atoms with Gasteiger partial charge in [0.15, 0.2) is 5.82 Å². The number of anilines is 2. The van der Waals surface area contributed by atoms with E-state index in [-0.39, 0.29) is 22.9 Å².